The van der Waals surface area contributed by atoms with Gasteiger partial charge >= 0.3 is 0 Å². The van der Waals surface area contributed by atoms with Crippen molar-refractivity contribution in [3.05, 3.63) is 66.0 Å². The van der Waals surface area contributed by atoms with Gasteiger partial charge in [-0.05, 0) is 47.9 Å². The van der Waals surface area contributed by atoms with Gasteiger partial charge < -0.3 is 5.32 Å². The SMILES string of the molecule is CC(CC(=O)NCCCSc1ccc(F)cc1)c1ccccc1. The molecule has 0 bridgehead atoms. The molecule has 4 heteroatoms. The normalized spacial score (nSPS) is 11.9. The lowest BCUT2D eigenvalue weighted by Crippen LogP contribution is -2.25. The fourth-order valence-electron chi connectivity index (χ4n) is 2.27. The predicted octanol–water partition coefficient (Wildman–Crippen LogP) is 4.62. The van der Waals surface area contributed by atoms with Crippen molar-refractivity contribution in [2.24, 2.45) is 0 Å². The molecule has 1 atom stereocenters. The summed E-state index contributed by atoms with van der Waals surface area (Å²) >= 11 is 1.67. The fourth-order valence-corrected chi connectivity index (χ4v) is 3.12. The zero-order valence-corrected chi connectivity index (χ0v) is 14.1. The number of carbonyl (C=O) groups excluding carboxylic acids is 1. The summed E-state index contributed by atoms with van der Waals surface area (Å²) in [6.07, 6.45) is 1.41. The molecule has 2 aromatic rings. The number of thioether (sulfide) groups is 1. The average molecular weight is 331 g/mol. The van der Waals surface area contributed by atoms with Crippen molar-refractivity contribution in [2.45, 2.75) is 30.6 Å². The summed E-state index contributed by atoms with van der Waals surface area (Å²) in [4.78, 5) is 13.0. The number of benzene rings is 2. The summed E-state index contributed by atoms with van der Waals surface area (Å²) in [5.74, 6) is 1.01. The Morgan fingerprint density at radius 3 is 2.52 bits per heavy atom. The van der Waals surface area contributed by atoms with Crippen LogP contribution < -0.4 is 5.32 Å². The Balaban J connectivity index is 1.60. The summed E-state index contributed by atoms with van der Waals surface area (Å²) in [6.45, 7) is 2.74. The zero-order chi connectivity index (χ0) is 16.5. The lowest BCUT2D eigenvalue weighted by molar-refractivity contribution is -0.121. The summed E-state index contributed by atoms with van der Waals surface area (Å²) in [5, 5.41) is 2.97. The highest BCUT2D eigenvalue weighted by Crippen LogP contribution is 2.19. The molecule has 1 amide bonds. The molecule has 0 radical (unpaired) electrons. The van der Waals surface area contributed by atoms with Crippen LogP contribution >= 0.6 is 11.8 Å². The first kappa shape index (κ1) is 17.5. The molecule has 0 spiro atoms. The van der Waals surface area contributed by atoms with E-state index in [4.69, 9.17) is 0 Å². The van der Waals surface area contributed by atoms with E-state index in [-0.39, 0.29) is 17.6 Å². The van der Waals surface area contributed by atoms with Crippen LogP contribution in [0.15, 0.2) is 59.5 Å². The van der Waals surface area contributed by atoms with E-state index in [9.17, 15) is 9.18 Å². The van der Waals surface area contributed by atoms with Gasteiger partial charge in [0.05, 0.1) is 0 Å². The zero-order valence-electron chi connectivity index (χ0n) is 13.3. The van der Waals surface area contributed by atoms with Crippen LogP contribution in [0.3, 0.4) is 0 Å². The fraction of sp³-hybridized carbons (Fsp3) is 0.316. The van der Waals surface area contributed by atoms with Crippen molar-refractivity contribution in [1.29, 1.82) is 0 Å². The molecule has 23 heavy (non-hydrogen) atoms. The van der Waals surface area contributed by atoms with Crippen LogP contribution in [0.25, 0.3) is 0 Å². The van der Waals surface area contributed by atoms with Gasteiger partial charge in [-0.3, -0.25) is 4.79 Å². The van der Waals surface area contributed by atoms with Gasteiger partial charge in [0.15, 0.2) is 0 Å². The van der Waals surface area contributed by atoms with Crippen molar-refractivity contribution in [2.75, 3.05) is 12.3 Å². The molecule has 2 aromatic carbocycles. The lowest BCUT2D eigenvalue weighted by Gasteiger charge is -2.12. The molecule has 1 N–H and O–H groups in total. The Hall–Kier alpha value is -1.81. The average Bonchev–Trinajstić information content (AvgIpc) is 2.57. The Morgan fingerprint density at radius 1 is 1.13 bits per heavy atom. The van der Waals surface area contributed by atoms with E-state index < -0.39 is 0 Å². The molecule has 122 valence electrons. The van der Waals surface area contributed by atoms with Gasteiger partial charge in [0, 0.05) is 17.9 Å². The second-order valence-electron chi connectivity index (χ2n) is 5.52. The maximum Gasteiger partial charge on any atom is 0.220 e. The maximum absolute atomic E-state index is 12.8. The van der Waals surface area contributed by atoms with Crippen LogP contribution in [0.4, 0.5) is 4.39 Å². The van der Waals surface area contributed by atoms with E-state index in [1.807, 2.05) is 18.2 Å². The standard InChI is InChI=1S/C19H22FNOS/c1-15(16-6-3-2-4-7-16)14-19(22)21-12-5-13-23-18-10-8-17(20)9-11-18/h2-4,6-11,15H,5,12-14H2,1H3,(H,21,22). The smallest absolute Gasteiger partial charge is 0.220 e. The molecule has 0 aliphatic rings. The number of rotatable bonds is 8. The predicted molar refractivity (Wildman–Crippen MR) is 94.2 cm³/mol. The highest BCUT2D eigenvalue weighted by Gasteiger charge is 2.10. The molecule has 0 aliphatic carbocycles. The first-order valence-corrected chi connectivity index (χ1v) is 8.83. The molecule has 0 aliphatic heterocycles. The topological polar surface area (TPSA) is 29.1 Å². The number of nitrogens with one attached hydrogen (secondary N) is 1. The molecule has 0 aromatic heterocycles. The molecular formula is C19H22FNOS. The van der Waals surface area contributed by atoms with E-state index in [1.165, 1.54) is 17.7 Å². The van der Waals surface area contributed by atoms with Gasteiger partial charge in [0.25, 0.3) is 0 Å². The van der Waals surface area contributed by atoms with E-state index in [0.29, 0.717) is 13.0 Å². The van der Waals surface area contributed by atoms with Gasteiger partial charge in [-0.25, -0.2) is 4.39 Å². The summed E-state index contributed by atoms with van der Waals surface area (Å²) in [5.41, 5.74) is 1.19. The van der Waals surface area contributed by atoms with Crippen LogP contribution in [0.5, 0.6) is 0 Å². The van der Waals surface area contributed by atoms with Gasteiger partial charge in [0.1, 0.15) is 5.82 Å². The van der Waals surface area contributed by atoms with Gasteiger partial charge in [-0.1, -0.05) is 37.3 Å². The van der Waals surface area contributed by atoms with Gasteiger partial charge in [-0.15, -0.1) is 11.8 Å². The number of hydrogen-bond acceptors (Lipinski definition) is 2. The van der Waals surface area contributed by atoms with Crippen molar-refractivity contribution in [3.8, 4) is 0 Å². The number of halogens is 1. The van der Waals surface area contributed by atoms with E-state index in [0.717, 1.165) is 17.1 Å². The van der Waals surface area contributed by atoms with Gasteiger partial charge in [0.2, 0.25) is 5.91 Å². The van der Waals surface area contributed by atoms with Crippen LogP contribution in [-0.2, 0) is 4.79 Å². The van der Waals surface area contributed by atoms with Crippen molar-refractivity contribution < 1.29 is 9.18 Å². The summed E-state index contributed by atoms with van der Waals surface area (Å²) in [7, 11) is 0. The highest BCUT2D eigenvalue weighted by molar-refractivity contribution is 7.99. The molecule has 0 heterocycles. The Labute approximate surface area is 141 Å². The van der Waals surface area contributed by atoms with Crippen molar-refractivity contribution in [3.63, 3.8) is 0 Å². The highest BCUT2D eigenvalue weighted by atomic mass is 32.2. The third-order valence-corrected chi connectivity index (χ3v) is 4.68. The second kappa shape index (κ2) is 9.36. The molecule has 0 saturated carbocycles. The van der Waals surface area contributed by atoms with E-state index in [1.54, 1.807) is 23.9 Å². The van der Waals surface area contributed by atoms with Crippen LogP contribution in [-0.4, -0.2) is 18.2 Å². The first-order valence-electron chi connectivity index (χ1n) is 7.85. The van der Waals surface area contributed by atoms with E-state index >= 15 is 0 Å². The maximum atomic E-state index is 12.8. The first-order chi connectivity index (χ1) is 11.1. The minimum atomic E-state index is -0.214. The monoisotopic (exact) mass is 331 g/mol. The molecule has 2 nitrogen and oxygen atoms in total. The Bertz CT molecular complexity index is 601. The number of carbonyl (C=O) groups is 1. The summed E-state index contributed by atoms with van der Waals surface area (Å²) < 4.78 is 12.8. The third kappa shape index (κ3) is 6.45. The van der Waals surface area contributed by atoms with Crippen molar-refractivity contribution in [1.82, 2.24) is 5.32 Å². The Morgan fingerprint density at radius 2 is 1.83 bits per heavy atom. The second-order valence-corrected chi connectivity index (χ2v) is 6.69. The van der Waals surface area contributed by atoms with E-state index in [2.05, 4.69) is 24.4 Å². The quantitative estimate of drug-likeness (QED) is 0.565. The Kier molecular flexibility index (Phi) is 7.14. The molecular weight excluding hydrogens is 309 g/mol. The minimum Gasteiger partial charge on any atom is -0.356 e. The largest absolute Gasteiger partial charge is 0.356 e. The van der Waals surface area contributed by atoms with Crippen LogP contribution in [0.2, 0.25) is 0 Å². The molecule has 0 saturated heterocycles. The van der Waals surface area contributed by atoms with Crippen LogP contribution in [0, 0.1) is 5.82 Å². The lowest BCUT2D eigenvalue weighted by atomic mass is 9.98. The minimum absolute atomic E-state index is 0.0909. The molecule has 2 rings (SSSR count). The molecule has 0 fully saturated rings. The third-order valence-electron chi connectivity index (χ3n) is 3.59. The number of amides is 1. The number of hydrogen-bond donors (Lipinski definition) is 1. The van der Waals surface area contributed by atoms with Crippen LogP contribution in [0.1, 0.15) is 31.2 Å². The molecule has 1 unspecified atom stereocenters. The van der Waals surface area contributed by atoms with Gasteiger partial charge in [-0.2, -0.15) is 0 Å². The van der Waals surface area contributed by atoms with Crippen molar-refractivity contribution >= 4 is 17.7 Å². The summed E-state index contributed by atoms with van der Waals surface area (Å²) in [6, 6.07) is 16.6.